The van der Waals surface area contributed by atoms with Crippen LogP contribution in [0.25, 0.3) is 0 Å². The molecule has 0 aromatic heterocycles. The van der Waals surface area contributed by atoms with Crippen LogP contribution in [-0.4, -0.2) is 26.8 Å². The Bertz CT molecular complexity index is 1110. The van der Waals surface area contributed by atoms with Gasteiger partial charge < -0.3 is 19.2 Å². The summed E-state index contributed by atoms with van der Waals surface area (Å²) in [6, 6.07) is 23.8. The van der Waals surface area contributed by atoms with Gasteiger partial charge in [-0.25, -0.2) is 10.2 Å². The molecule has 0 aliphatic heterocycles. The Morgan fingerprint density at radius 2 is 1.52 bits per heavy atom. The zero-order chi connectivity index (χ0) is 23.5. The number of hydrogen-bond donors (Lipinski definition) is 1. The molecule has 6 nitrogen and oxygen atoms in total. The van der Waals surface area contributed by atoms with Crippen molar-refractivity contribution in [2.75, 3.05) is 25.8 Å². The van der Waals surface area contributed by atoms with Crippen LogP contribution in [0.1, 0.15) is 23.6 Å². The molecule has 0 amide bonds. The molecule has 0 radical (unpaired) electrons. The first-order valence-electron chi connectivity index (χ1n) is 10.7. The van der Waals surface area contributed by atoms with Crippen molar-refractivity contribution in [3.63, 3.8) is 0 Å². The van der Waals surface area contributed by atoms with Gasteiger partial charge in [-0.2, -0.15) is 0 Å². The van der Waals surface area contributed by atoms with Crippen LogP contribution in [0.4, 0.5) is 5.69 Å². The van der Waals surface area contributed by atoms with Gasteiger partial charge in [-0.1, -0.05) is 66.6 Å². The molecule has 170 valence electrons. The van der Waals surface area contributed by atoms with Crippen LogP contribution < -0.4 is 19.9 Å². The number of rotatable bonds is 9. The Morgan fingerprint density at radius 1 is 0.909 bits per heavy atom. The molecule has 6 heteroatoms. The van der Waals surface area contributed by atoms with Crippen LogP contribution in [0.15, 0.2) is 72.8 Å². The normalized spacial score (nSPS) is 10.0. The summed E-state index contributed by atoms with van der Waals surface area (Å²) < 4.78 is 16.0. The number of nitrogens with zero attached hydrogens (tertiary/aromatic N) is 1. The topological polar surface area (TPSA) is 60.0 Å². The number of nitrogens with one attached hydrogen (secondary N) is 1. The lowest BCUT2D eigenvalue weighted by Gasteiger charge is -2.28. The van der Waals surface area contributed by atoms with E-state index in [1.54, 1.807) is 27.2 Å². The molecule has 33 heavy (non-hydrogen) atoms. The van der Waals surface area contributed by atoms with Crippen molar-refractivity contribution in [2.24, 2.45) is 0 Å². The predicted octanol–water partition coefficient (Wildman–Crippen LogP) is 4.33. The monoisotopic (exact) mass is 444 g/mol. The van der Waals surface area contributed by atoms with Gasteiger partial charge in [-0.3, -0.25) is 0 Å². The van der Waals surface area contributed by atoms with Gasteiger partial charge in [-0.15, -0.1) is 0 Å². The van der Waals surface area contributed by atoms with E-state index in [9.17, 15) is 4.79 Å². The molecule has 0 spiro atoms. The quantitative estimate of drug-likeness (QED) is 0.301. The van der Waals surface area contributed by atoms with Crippen LogP contribution in [0, 0.1) is 11.8 Å². The first-order chi connectivity index (χ1) is 16.1. The molecule has 0 saturated heterocycles. The Kier molecular flexibility index (Phi) is 8.75. The van der Waals surface area contributed by atoms with Crippen molar-refractivity contribution in [3.8, 4) is 23.3 Å². The zero-order valence-corrected chi connectivity index (χ0v) is 19.1. The fourth-order valence-corrected chi connectivity index (χ4v) is 3.25. The zero-order valence-electron chi connectivity index (χ0n) is 19.1. The minimum Gasteiger partial charge on any atom is -0.493 e. The Balaban J connectivity index is 2.03. The molecule has 1 N–H and O–H groups in total. The maximum absolute atomic E-state index is 11.9. The summed E-state index contributed by atoms with van der Waals surface area (Å²) in [6.45, 7) is 3.19. The Labute approximate surface area is 195 Å². The largest absolute Gasteiger partial charge is 0.493 e. The van der Waals surface area contributed by atoms with Crippen molar-refractivity contribution in [1.29, 1.82) is 0 Å². The van der Waals surface area contributed by atoms with Gasteiger partial charge >= 0.3 is 5.97 Å². The van der Waals surface area contributed by atoms with Crippen LogP contribution in [-0.2, 0) is 22.6 Å². The fraction of sp³-hybridized carbons (Fsp3) is 0.222. The van der Waals surface area contributed by atoms with E-state index in [0.29, 0.717) is 30.2 Å². The number of carbonyl (C=O) groups excluding carboxylic acids is 1. The third-order valence-electron chi connectivity index (χ3n) is 4.87. The van der Waals surface area contributed by atoms with E-state index >= 15 is 0 Å². The van der Waals surface area contributed by atoms with Gasteiger partial charge in [0.15, 0.2) is 11.5 Å². The predicted molar refractivity (Wildman–Crippen MR) is 129 cm³/mol. The number of hydrazine groups is 1. The standard InChI is InChI=1S/C27H28N2O4/c1-4-33-27(30)16-15-23-17-25(31-2)26(32-3)18-24(23)29(20-22-13-9-6-10-14-22)28-19-21-11-7-5-8-12-21/h5-14,17-18,28H,4,19-20H2,1-3H3. The highest BCUT2D eigenvalue weighted by atomic mass is 16.5. The third-order valence-corrected chi connectivity index (χ3v) is 4.87. The van der Waals surface area contributed by atoms with Gasteiger partial charge in [0, 0.05) is 24.6 Å². The van der Waals surface area contributed by atoms with Crippen molar-refractivity contribution < 1.29 is 19.0 Å². The SMILES string of the molecule is CCOC(=O)C#Cc1cc(OC)c(OC)cc1N(Cc1ccccc1)NCc1ccccc1. The highest BCUT2D eigenvalue weighted by Crippen LogP contribution is 2.35. The van der Waals surface area contributed by atoms with E-state index in [0.717, 1.165) is 16.8 Å². The van der Waals surface area contributed by atoms with Crippen LogP contribution in [0.3, 0.4) is 0 Å². The molecule has 0 aliphatic rings. The summed E-state index contributed by atoms with van der Waals surface area (Å²) >= 11 is 0. The van der Waals surface area contributed by atoms with Gasteiger partial charge in [0.2, 0.25) is 0 Å². The lowest BCUT2D eigenvalue weighted by atomic mass is 10.1. The fourth-order valence-electron chi connectivity index (χ4n) is 3.25. The summed E-state index contributed by atoms with van der Waals surface area (Å²) in [5, 5.41) is 2.00. The van der Waals surface area contributed by atoms with E-state index in [1.165, 1.54) is 0 Å². The summed E-state index contributed by atoms with van der Waals surface area (Å²) in [5.41, 5.74) is 7.10. The number of methoxy groups -OCH3 is 2. The highest BCUT2D eigenvalue weighted by molar-refractivity contribution is 5.89. The molecule has 0 atom stereocenters. The summed E-state index contributed by atoms with van der Waals surface area (Å²) in [7, 11) is 3.15. The molecule has 0 saturated carbocycles. The van der Waals surface area contributed by atoms with Crippen molar-refractivity contribution in [3.05, 3.63) is 89.5 Å². The molecular formula is C27H28N2O4. The Hall–Kier alpha value is -3.95. The van der Waals surface area contributed by atoms with Crippen LogP contribution >= 0.6 is 0 Å². The van der Waals surface area contributed by atoms with Crippen molar-refractivity contribution in [1.82, 2.24) is 5.43 Å². The van der Waals surface area contributed by atoms with Crippen LogP contribution in [0.2, 0.25) is 0 Å². The second-order valence-electron chi connectivity index (χ2n) is 7.09. The first-order valence-corrected chi connectivity index (χ1v) is 10.7. The first kappa shape index (κ1) is 23.7. The van der Waals surface area contributed by atoms with E-state index in [1.807, 2.05) is 47.5 Å². The lowest BCUT2D eigenvalue weighted by molar-refractivity contribution is -0.136. The third kappa shape index (κ3) is 6.76. The van der Waals surface area contributed by atoms with E-state index in [4.69, 9.17) is 14.2 Å². The molecular weight excluding hydrogens is 416 g/mol. The van der Waals surface area contributed by atoms with E-state index in [-0.39, 0.29) is 6.61 Å². The number of hydrogen-bond acceptors (Lipinski definition) is 6. The maximum atomic E-state index is 11.9. The van der Waals surface area contributed by atoms with Gasteiger partial charge in [0.05, 0.1) is 38.6 Å². The number of benzene rings is 3. The molecule has 3 aromatic rings. The minimum atomic E-state index is -0.579. The van der Waals surface area contributed by atoms with E-state index < -0.39 is 5.97 Å². The van der Waals surface area contributed by atoms with E-state index in [2.05, 4.69) is 41.5 Å². The summed E-state index contributed by atoms with van der Waals surface area (Å²) in [5.74, 6) is 6.02. The maximum Gasteiger partial charge on any atom is 0.384 e. The number of esters is 1. The van der Waals surface area contributed by atoms with Crippen molar-refractivity contribution in [2.45, 2.75) is 20.0 Å². The number of carbonyl (C=O) groups is 1. The van der Waals surface area contributed by atoms with Gasteiger partial charge in [-0.05, 0) is 18.1 Å². The molecule has 0 bridgehead atoms. The number of anilines is 1. The smallest absolute Gasteiger partial charge is 0.384 e. The molecule has 0 heterocycles. The Morgan fingerprint density at radius 3 is 2.12 bits per heavy atom. The molecule has 3 rings (SSSR count). The molecule has 0 aliphatic carbocycles. The summed E-state index contributed by atoms with van der Waals surface area (Å²) in [6.07, 6.45) is 0. The van der Waals surface area contributed by atoms with Crippen LogP contribution in [0.5, 0.6) is 11.5 Å². The second-order valence-corrected chi connectivity index (χ2v) is 7.09. The highest BCUT2D eigenvalue weighted by Gasteiger charge is 2.17. The van der Waals surface area contributed by atoms with Gasteiger partial charge in [0.25, 0.3) is 0 Å². The molecule has 3 aromatic carbocycles. The van der Waals surface area contributed by atoms with Gasteiger partial charge in [0.1, 0.15) is 0 Å². The molecule has 0 unspecified atom stereocenters. The average molecular weight is 445 g/mol. The lowest BCUT2D eigenvalue weighted by Crippen LogP contribution is -2.37. The molecule has 0 fully saturated rings. The number of ether oxygens (including phenoxy) is 3. The second kappa shape index (κ2) is 12.2. The minimum absolute atomic E-state index is 0.269. The average Bonchev–Trinajstić information content (AvgIpc) is 2.86. The summed E-state index contributed by atoms with van der Waals surface area (Å²) in [4.78, 5) is 11.9. The van der Waals surface area contributed by atoms with Crippen molar-refractivity contribution >= 4 is 11.7 Å².